The molecule has 0 saturated heterocycles. The summed E-state index contributed by atoms with van der Waals surface area (Å²) in [6.07, 6.45) is 3.87. The molecule has 0 saturated carbocycles. The van der Waals surface area contributed by atoms with Crippen LogP contribution in [0, 0.1) is 6.92 Å². The zero-order valence-electron chi connectivity index (χ0n) is 15.6. The van der Waals surface area contributed by atoms with Crippen molar-refractivity contribution in [3.05, 3.63) is 90.0 Å². The van der Waals surface area contributed by atoms with E-state index in [1.165, 1.54) is 5.56 Å². The van der Waals surface area contributed by atoms with Crippen molar-refractivity contribution in [1.29, 1.82) is 0 Å². The zero-order valence-corrected chi connectivity index (χ0v) is 16.4. The maximum atomic E-state index is 12.5. The molecule has 0 aliphatic heterocycles. The van der Waals surface area contributed by atoms with Crippen LogP contribution in [-0.2, 0) is 16.4 Å². The second-order valence-electron chi connectivity index (χ2n) is 6.59. The Kier molecular flexibility index (Phi) is 7.37. The Morgan fingerprint density at radius 3 is 2.31 bits per heavy atom. The van der Waals surface area contributed by atoms with E-state index in [2.05, 4.69) is 23.6 Å². The second kappa shape index (κ2) is 9.51. The van der Waals surface area contributed by atoms with Crippen LogP contribution in [-0.4, -0.2) is 32.2 Å². The van der Waals surface area contributed by atoms with Crippen molar-refractivity contribution in [2.75, 3.05) is 18.8 Å². The Morgan fingerprint density at radius 1 is 1.04 bits per heavy atom. The van der Waals surface area contributed by atoms with Gasteiger partial charge in [0, 0.05) is 19.6 Å². The molecule has 2 rings (SSSR count). The molecule has 4 heteroatoms. The third-order valence-corrected chi connectivity index (χ3v) is 5.96. The van der Waals surface area contributed by atoms with E-state index >= 15 is 0 Å². The van der Waals surface area contributed by atoms with Crippen molar-refractivity contribution in [1.82, 2.24) is 4.90 Å². The Bertz CT molecular complexity index is 837. The summed E-state index contributed by atoms with van der Waals surface area (Å²) in [5.74, 6) is 0.0450. The molecule has 26 heavy (non-hydrogen) atoms. The predicted molar refractivity (Wildman–Crippen MR) is 109 cm³/mol. The summed E-state index contributed by atoms with van der Waals surface area (Å²) < 4.78 is 25.1. The van der Waals surface area contributed by atoms with Crippen molar-refractivity contribution >= 4 is 9.84 Å². The van der Waals surface area contributed by atoms with Gasteiger partial charge < -0.3 is 0 Å². The maximum Gasteiger partial charge on any atom is 0.182 e. The highest BCUT2D eigenvalue weighted by atomic mass is 32.2. The summed E-state index contributed by atoms with van der Waals surface area (Å²) in [5.41, 5.74) is 3.14. The minimum absolute atomic E-state index is 0.0450. The molecule has 0 bridgehead atoms. The lowest BCUT2D eigenvalue weighted by Gasteiger charge is -2.19. The van der Waals surface area contributed by atoms with E-state index in [4.69, 9.17) is 0 Å². The molecule has 0 N–H and O–H groups in total. The molecule has 0 aliphatic rings. The molecule has 3 nitrogen and oxygen atoms in total. The lowest BCUT2D eigenvalue weighted by molar-refractivity contribution is 0.327. The van der Waals surface area contributed by atoms with E-state index in [1.807, 2.05) is 56.3 Å². The van der Waals surface area contributed by atoms with Crippen molar-refractivity contribution in [3.8, 4) is 0 Å². The fraction of sp³-hybridized carbons (Fsp3) is 0.273. The van der Waals surface area contributed by atoms with Crippen molar-refractivity contribution in [3.63, 3.8) is 0 Å². The maximum absolute atomic E-state index is 12.5. The minimum Gasteiger partial charge on any atom is -0.292 e. The van der Waals surface area contributed by atoms with Crippen LogP contribution >= 0.6 is 0 Å². The standard InChI is InChI=1S/C22H27NO2S/c1-4-15-23(17-21-8-6-5-7-9-21)16-14-20(3)18-26(24,25)22-12-10-19(2)11-13-22/h4-14H,1,15-18H2,2-3H3/b20-14+. The zero-order chi connectivity index (χ0) is 19.0. The fourth-order valence-corrected chi connectivity index (χ4v) is 4.14. The average Bonchev–Trinajstić information content (AvgIpc) is 2.61. The van der Waals surface area contributed by atoms with Crippen molar-refractivity contribution in [2.24, 2.45) is 0 Å². The van der Waals surface area contributed by atoms with Gasteiger partial charge in [-0.15, -0.1) is 6.58 Å². The molecule has 2 aromatic carbocycles. The molecule has 0 amide bonds. The second-order valence-corrected chi connectivity index (χ2v) is 8.58. The number of hydrogen-bond acceptors (Lipinski definition) is 3. The smallest absolute Gasteiger partial charge is 0.182 e. The molecule has 0 aromatic heterocycles. The van der Waals surface area contributed by atoms with Gasteiger partial charge in [-0.2, -0.15) is 0 Å². The molecule has 2 aromatic rings. The Balaban J connectivity index is 2.02. The number of aryl methyl sites for hydroxylation is 1. The SMILES string of the molecule is C=CCN(C/C=C(\C)CS(=O)(=O)c1ccc(C)cc1)Cc1ccccc1. The summed E-state index contributed by atoms with van der Waals surface area (Å²) in [6.45, 7) is 9.89. The summed E-state index contributed by atoms with van der Waals surface area (Å²) in [5, 5.41) is 0. The number of hydrogen-bond donors (Lipinski definition) is 0. The number of rotatable bonds is 9. The molecule has 0 unspecified atom stereocenters. The number of nitrogens with zero attached hydrogens (tertiary/aromatic N) is 1. The van der Waals surface area contributed by atoms with Gasteiger partial charge >= 0.3 is 0 Å². The highest BCUT2D eigenvalue weighted by Gasteiger charge is 2.15. The molecule has 0 heterocycles. The quantitative estimate of drug-likeness (QED) is 0.615. The molecule has 0 fully saturated rings. The van der Waals surface area contributed by atoms with Crippen LogP contribution in [0.15, 0.2) is 83.8 Å². The Hall–Kier alpha value is -2.17. The van der Waals surface area contributed by atoms with Gasteiger partial charge in [0.2, 0.25) is 0 Å². The first kappa shape index (κ1) is 20.1. The van der Waals surface area contributed by atoms with E-state index in [0.29, 0.717) is 11.4 Å². The number of sulfone groups is 1. The monoisotopic (exact) mass is 369 g/mol. The van der Waals surface area contributed by atoms with Gasteiger partial charge in [0.05, 0.1) is 10.6 Å². The van der Waals surface area contributed by atoms with Gasteiger partial charge in [0.1, 0.15) is 0 Å². The van der Waals surface area contributed by atoms with Crippen LogP contribution in [0.5, 0.6) is 0 Å². The third kappa shape index (κ3) is 6.28. The lowest BCUT2D eigenvalue weighted by atomic mass is 10.2. The van der Waals surface area contributed by atoms with Crippen LogP contribution in [0.1, 0.15) is 18.1 Å². The highest BCUT2D eigenvalue weighted by Crippen LogP contribution is 2.15. The van der Waals surface area contributed by atoms with Crippen LogP contribution in [0.3, 0.4) is 0 Å². The van der Waals surface area contributed by atoms with Gasteiger partial charge in [-0.3, -0.25) is 4.90 Å². The Labute approximate surface area is 157 Å². The normalized spacial score (nSPS) is 12.3. The first-order chi connectivity index (χ1) is 12.4. The van der Waals surface area contributed by atoms with E-state index in [0.717, 1.165) is 24.2 Å². The van der Waals surface area contributed by atoms with Gasteiger partial charge in [-0.1, -0.05) is 65.8 Å². The molecule has 138 valence electrons. The van der Waals surface area contributed by atoms with Crippen LogP contribution in [0.2, 0.25) is 0 Å². The summed E-state index contributed by atoms with van der Waals surface area (Å²) in [6, 6.07) is 17.3. The minimum atomic E-state index is -3.30. The van der Waals surface area contributed by atoms with Crippen LogP contribution in [0.4, 0.5) is 0 Å². The Morgan fingerprint density at radius 2 is 1.69 bits per heavy atom. The summed E-state index contributed by atoms with van der Waals surface area (Å²) >= 11 is 0. The van der Waals surface area contributed by atoms with Crippen LogP contribution < -0.4 is 0 Å². The topological polar surface area (TPSA) is 37.4 Å². The third-order valence-electron chi connectivity index (χ3n) is 4.13. The summed E-state index contributed by atoms with van der Waals surface area (Å²) in [4.78, 5) is 2.60. The van der Waals surface area contributed by atoms with Gasteiger partial charge in [0.25, 0.3) is 0 Å². The van der Waals surface area contributed by atoms with E-state index in [9.17, 15) is 8.42 Å². The van der Waals surface area contributed by atoms with E-state index in [-0.39, 0.29) is 5.75 Å². The van der Waals surface area contributed by atoms with Crippen molar-refractivity contribution < 1.29 is 8.42 Å². The molecule has 0 aliphatic carbocycles. The first-order valence-electron chi connectivity index (χ1n) is 8.73. The largest absolute Gasteiger partial charge is 0.292 e. The van der Waals surface area contributed by atoms with E-state index < -0.39 is 9.84 Å². The molecule has 0 spiro atoms. The number of benzene rings is 2. The van der Waals surface area contributed by atoms with Gasteiger partial charge in [0.15, 0.2) is 9.84 Å². The molecule has 0 atom stereocenters. The fourth-order valence-electron chi connectivity index (χ4n) is 2.70. The van der Waals surface area contributed by atoms with E-state index in [1.54, 1.807) is 12.1 Å². The average molecular weight is 370 g/mol. The molecular weight excluding hydrogens is 342 g/mol. The first-order valence-corrected chi connectivity index (χ1v) is 10.4. The van der Waals surface area contributed by atoms with Crippen LogP contribution in [0.25, 0.3) is 0 Å². The molecular formula is C22H27NO2S. The summed E-state index contributed by atoms with van der Waals surface area (Å²) in [7, 11) is -3.30. The van der Waals surface area contributed by atoms with Gasteiger partial charge in [-0.05, 0) is 31.5 Å². The molecule has 0 radical (unpaired) electrons. The van der Waals surface area contributed by atoms with Crippen molar-refractivity contribution in [2.45, 2.75) is 25.3 Å². The highest BCUT2D eigenvalue weighted by molar-refractivity contribution is 7.91. The van der Waals surface area contributed by atoms with Gasteiger partial charge in [-0.25, -0.2) is 8.42 Å². The lowest BCUT2D eigenvalue weighted by Crippen LogP contribution is -2.24. The predicted octanol–water partition coefficient (Wildman–Crippen LogP) is 4.40.